The summed E-state index contributed by atoms with van der Waals surface area (Å²) in [5.41, 5.74) is 2.53. The Labute approximate surface area is 120 Å². The van der Waals surface area contributed by atoms with Crippen LogP contribution in [-0.2, 0) is 5.75 Å². The molecule has 17 heavy (non-hydrogen) atoms. The number of benzene rings is 2. The predicted octanol–water partition coefficient (Wildman–Crippen LogP) is 5.23. The highest BCUT2D eigenvalue weighted by molar-refractivity contribution is 14.1. The molecule has 0 atom stereocenters. The van der Waals surface area contributed by atoms with Crippen LogP contribution in [0.25, 0.3) is 6.08 Å². The Morgan fingerprint density at radius 2 is 1.94 bits per heavy atom. The Hall–Kier alpha value is -0.740. The smallest absolute Gasteiger partial charge is 0.0232 e. The van der Waals surface area contributed by atoms with Crippen molar-refractivity contribution in [1.29, 1.82) is 0 Å². The lowest BCUT2D eigenvalue weighted by atomic mass is 10.1. The van der Waals surface area contributed by atoms with Crippen molar-refractivity contribution in [2.24, 2.45) is 0 Å². The zero-order valence-corrected chi connectivity index (χ0v) is 12.4. The molecule has 0 amide bonds. The van der Waals surface area contributed by atoms with E-state index in [0.717, 1.165) is 5.75 Å². The van der Waals surface area contributed by atoms with E-state index in [-0.39, 0.29) is 0 Å². The molecular weight excluding hydrogens is 339 g/mol. The van der Waals surface area contributed by atoms with Gasteiger partial charge >= 0.3 is 0 Å². The standard InChI is InChI=1S/C15H13IS/c1-2-12-5-3-6-13(9-12)11-17-15-8-4-7-14(16)10-15/h2-10H,1,11H2. The summed E-state index contributed by atoms with van der Waals surface area (Å²) >= 11 is 4.21. The number of hydrogen-bond acceptors (Lipinski definition) is 1. The summed E-state index contributed by atoms with van der Waals surface area (Å²) in [6.07, 6.45) is 1.89. The molecule has 0 radical (unpaired) electrons. The van der Waals surface area contributed by atoms with E-state index in [1.165, 1.54) is 19.6 Å². The molecule has 0 aliphatic carbocycles. The van der Waals surface area contributed by atoms with Crippen LogP contribution in [0.3, 0.4) is 0 Å². The zero-order valence-electron chi connectivity index (χ0n) is 9.40. The molecule has 0 unspecified atom stereocenters. The average molecular weight is 352 g/mol. The van der Waals surface area contributed by atoms with E-state index >= 15 is 0 Å². The molecule has 2 aromatic carbocycles. The lowest BCUT2D eigenvalue weighted by Gasteiger charge is -2.03. The molecule has 0 heterocycles. The average Bonchev–Trinajstić information content (AvgIpc) is 2.37. The summed E-state index contributed by atoms with van der Waals surface area (Å²) in [4.78, 5) is 1.32. The first-order valence-electron chi connectivity index (χ1n) is 5.37. The van der Waals surface area contributed by atoms with Crippen LogP contribution in [-0.4, -0.2) is 0 Å². The minimum absolute atomic E-state index is 1.00. The van der Waals surface area contributed by atoms with Gasteiger partial charge in [-0.25, -0.2) is 0 Å². The van der Waals surface area contributed by atoms with E-state index in [1.807, 2.05) is 17.8 Å². The molecule has 0 N–H and O–H groups in total. The first kappa shape index (κ1) is 12.7. The Balaban J connectivity index is 2.04. The minimum atomic E-state index is 1.00. The second-order valence-electron chi connectivity index (χ2n) is 3.70. The second-order valence-corrected chi connectivity index (χ2v) is 5.99. The van der Waals surface area contributed by atoms with Gasteiger partial charge in [0.15, 0.2) is 0 Å². The van der Waals surface area contributed by atoms with Crippen molar-refractivity contribution < 1.29 is 0 Å². The van der Waals surface area contributed by atoms with Crippen molar-refractivity contribution in [3.63, 3.8) is 0 Å². The van der Waals surface area contributed by atoms with Crippen LogP contribution in [0.5, 0.6) is 0 Å². The Morgan fingerprint density at radius 3 is 2.71 bits per heavy atom. The van der Waals surface area contributed by atoms with Gasteiger partial charge < -0.3 is 0 Å². The van der Waals surface area contributed by atoms with Gasteiger partial charge in [0.2, 0.25) is 0 Å². The maximum absolute atomic E-state index is 3.79. The quantitative estimate of drug-likeness (QED) is 0.537. The summed E-state index contributed by atoms with van der Waals surface area (Å²) in [6.45, 7) is 3.79. The van der Waals surface area contributed by atoms with Crippen molar-refractivity contribution in [3.05, 3.63) is 69.8 Å². The minimum Gasteiger partial charge on any atom is -0.121 e. The molecule has 0 aliphatic heterocycles. The fraction of sp³-hybridized carbons (Fsp3) is 0.0667. The van der Waals surface area contributed by atoms with Crippen molar-refractivity contribution >= 4 is 40.4 Å². The molecule has 0 bridgehead atoms. The third-order valence-corrected chi connectivity index (χ3v) is 4.12. The van der Waals surface area contributed by atoms with Gasteiger partial charge in [-0.15, -0.1) is 11.8 Å². The second kappa shape index (κ2) is 6.26. The van der Waals surface area contributed by atoms with Crippen LogP contribution in [0.4, 0.5) is 0 Å². The fourth-order valence-electron chi connectivity index (χ4n) is 1.53. The van der Waals surface area contributed by atoms with Gasteiger partial charge in [-0.1, -0.05) is 43.0 Å². The lowest BCUT2D eigenvalue weighted by molar-refractivity contribution is 1.37. The monoisotopic (exact) mass is 352 g/mol. The molecule has 0 nitrogen and oxygen atoms in total. The van der Waals surface area contributed by atoms with Crippen LogP contribution in [0.1, 0.15) is 11.1 Å². The summed E-state index contributed by atoms with van der Waals surface area (Å²) in [5, 5.41) is 0. The predicted molar refractivity (Wildman–Crippen MR) is 85.3 cm³/mol. The molecule has 2 aromatic rings. The molecule has 0 saturated heterocycles. The van der Waals surface area contributed by atoms with Crippen LogP contribution in [0.2, 0.25) is 0 Å². The SMILES string of the molecule is C=Cc1cccc(CSc2cccc(I)c2)c1. The molecule has 2 heteroatoms. The summed E-state index contributed by atoms with van der Waals surface area (Å²) < 4.78 is 1.28. The van der Waals surface area contributed by atoms with Gasteiger partial charge in [-0.05, 0) is 51.9 Å². The lowest BCUT2D eigenvalue weighted by Crippen LogP contribution is -1.82. The number of hydrogen-bond donors (Lipinski definition) is 0. The number of thioether (sulfide) groups is 1. The third-order valence-electron chi connectivity index (χ3n) is 2.39. The maximum atomic E-state index is 3.79. The van der Waals surface area contributed by atoms with Crippen molar-refractivity contribution in [2.75, 3.05) is 0 Å². The Morgan fingerprint density at radius 1 is 1.12 bits per heavy atom. The third kappa shape index (κ3) is 3.89. The largest absolute Gasteiger partial charge is 0.121 e. The molecule has 86 valence electrons. The van der Waals surface area contributed by atoms with Gasteiger partial charge in [0.25, 0.3) is 0 Å². The first-order valence-corrected chi connectivity index (χ1v) is 7.44. The molecular formula is C15H13IS. The van der Waals surface area contributed by atoms with E-state index < -0.39 is 0 Å². The van der Waals surface area contributed by atoms with Gasteiger partial charge in [-0.2, -0.15) is 0 Å². The molecule has 0 aromatic heterocycles. The molecule has 0 spiro atoms. The first-order chi connectivity index (χ1) is 8.28. The molecule has 2 rings (SSSR count). The maximum Gasteiger partial charge on any atom is 0.0232 e. The van der Waals surface area contributed by atoms with E-state index in [9.17, 15) is 0 Å². The van der Waals surface area contributed by atoms with Crippen molar-refractivity contribution in [2.45, 2.75) is 10.6 Å². The van der Waals surface area contributed by atoms with Gasteiger partial charge in [0.1, 0.15) is 0 Å². The van der Waals surface area contributed by atoms with Crippen LogP contribution >= 0.6 is 34.4 Å². The Bertz CT molecular complexity index is 520. The molecule has 0 aliphatic rings. The van der Waals surface area contributed by atoms with Gasteiger partial charge in [-0.3, -0.25) is 0 Å². The zero-order chi connectivity index (χ0) is 12.1. The number of rotatable bonds is 4. The Kier molecular flexibility index (Phi) is 4.68. The highest BCUT2D eigenvalue weighted by atomic mass is 127. The van der Waals surface area contributed by atoms with Gasteiger partial charge in [0.05, 0.1) is 0 Å². The summed E-state index contributed by atoms with van der Waals surface area (Å²) in [7, 11) is 0. The van der Waals surface area contributed by atoms with Crippen LogP contribution in [0.15, 0.2) is 60.0 Å². The number of halogens is 1. The van der Waals surface area contributed by atoms with Crippen molar-refractivity contribution in [3.8, 4) is 0 Å². The highest BCUT2D eigenvalue weighted by Gasteiger charge is 1.97. The van der Waals surface area contributed by atoms with Crippen LogP contribution in [0, 0.1) is 3.57 Å². The summed E-state index contributed by atoms with van der Waals surface area (Å²) in [6, 6.07) is 17.1. The van der Waals surface area contributed by atoms with Gasteiger partial charge in [0, 0.05) is 14.2 Å². The van der Waals surface area contributed by atoms with E-state index in [4.69, 9.17) is 0 Å². The molecule has 0 fully saturated rings. The van der Waals surface area contributed by atoms with E-state index in [2.05, 4.69) is 77.7 Å². The van der Waals surface area contributed by atoms with E-state index in [1.54, 1.807) is 0 Å². The topological polar surface area (TPSA) is 0 Å². The normalized spacial score (nSPS) is 10.2. The molecule has 0 saturated carbocycles. The van der Waals surface area contributed by atoms with E-state index in [0.29, 0.717) is 0 Å². The highest BCUT2D eigenvalue weighted by Crippen LogP contribution is 2.24. The van der Waals surface area contributed by atoms with Crippen LogP contribution < -0.4 is 0 Å². The summed E-state index contributed by atoms with van der Waals surface area (Å²) in [5.74, 6) is 1.00. The van der Waals surface area contributed by atoms with Crippen molar-refractivity contribution in [1.82, 2.24) is 0 Å². The fourth-order valence-corrected chi connectivity index (χ4v) is 3.19.